The number of nitrogens with zero attached hydrogens (tertiary/aromatic N) is 3. The molecule has 3 aromatic carbocycles. The number of carbonyl (C=O) groups excluding carboxylic acids is 2. The van der Waals surface area contributed by atoms with Crippen molar-refractivity contribution in [1.29, 1.82) is 0 Å². The van der Waals surface area contributed by atoms with Gasteiger partial charge in [-0.15, -0.1) is 0 Å². The normalized spacial score (nSPS) is 15.1. The van der Waals surface area contributed by atoms with Crippen molar-refractivity contribution in [3.05, 3.63) is 89.6 Å². The van der Waals surface area contributed by atoms with E-state index in [4.69, 9.17) is 4.74 Å². The average molecular weight is 637 g/mol. The van der Waals surface area contributed by atoms with Gasteiger partial charge in [0, 0.05) is 61.4 Å². The third kappa shape index (κ3) is 7.39. The van der Waals surface area contributed by atoms with E-state index >= 15 is 0 Å². The molecule has 2 atom stereocenters. The minimum absolute atomic E-state index is 0.336. The van der Waals surface area contributed by atoms with Crippen molar-refractivity contribution < 1.29 is 27.5 Å². The van der Waals surface area contributed by atoms with Gasteiger partial charge in [0.2, 0.25) is 5.91 Å². The van der Waals surface area contributed by atoms with Crippen LogP contribution in [0.2, 0.25) is 0 Å². The minimum Gasteiger partial charge on any atom is -0.495 e. The monoisotopic (exact) mass is 636 g/mol. The molecule has 1 aromatic heterocycles. The van der Waals surface area contributed by atoms with E-state index in [0.29, 0.717) is 49.8 Å². The number of piperazine rings is 1. The Morgan fingerprint density at radius 1 is 1.00 bits per heavy atom. The van der Waals surface area contributed by atoms with Crippen LogP contribution in [0.5, 0.6) is 5.75 Å². The maximum atomic E-state index is 14.0. The van der Waals surface area contributed by atoms with Gasteiger partial charge in [0.05, 0.1) is 18.4 Å². The molecule has 0 bridgehead atoms. The molecule has 2 heterocycles. The highest BCUT2D eigenvalue weighted by Crippen LogP contribution is 2.32. The number of fused-ring (bicyclic) bond motifs is 1. The lowest BCUT2D eigenvalue weighted by Gasteiger charge is -2.37. The van der Waals surface area contributed by atoms with Crippen LogP contribution in [-0.2, 0) is 17.5 Å². The smallest absolute Gasteiger partial charge is 0.416 e. The van der Waals surface area contributed by atoms with E-state index in [9.17, 15) is 22.8 Å². The number of aromatic amines is 1. The van der Waals surface area contributed by atoms with Gasteiger partial charge in [-0.3, -0.25) is 4.79 Å². The summed E-state index contributed by atoms with van der Waals surface area (Å²) in [6.07, 6.45) is -2.54. The number of rotatable bonds is 9. The summed E-state index contributed by atoms with van der Waals surface area (Å²) >= 11 is 0. The molecule has 1 saturated heterocycles. The van der Waals surface area contributed by atoms with E-state index in [0.717, 1.165) is 34.2 Å². The Balaban J connectivity index is 1.34. The quantitative estimate of drug-likeness (QED) is 0.213. The Morgan fingerprint density at radius 3 is 2.35 bits per heavy atom. The van der Waals surface area contributed by atoms with E-state index in [1.807, 2.05) is 73.4 Å². The Bertz CT molecular complexity index is 1660. The number of urea groups is 1. The zero-order valence-corrected chi connectivity index (χ0v) is 26.3. The van der Waals surface area contributed by atoms with Gasteiger partial charge < -0.3 is 35.1 Å². The Labute approximate surface area is 266 Å². The van der Waals surface area contributed by atoms with Crippen molar-refractivity contribution >= 4 is 34.2 Å². The number of H-pyrrole nitrogens is 1. The first-order chi connectivity index (χ1) is 21.9. The number of amides is 3. The number of methoxy groups -OCH3 is 1. The second-order valence-electron chi connectivity index (χ2n) is 11.8. The number of hydrogen-bond acceptors (Lipinski definition) is 5. The number of anilines is 2. The van der Waals surface area contributed by atoms with Gasteiger partial charge in [-0.25, -0.2) is 4.79 Å². The predicted molar refractivity (Wildman–Crippen MR) is 173 cm³/mol. The van der Waals surface area contributed by atoms with Crippen LogP contribution in [0, 0.1) is 0 Å². The SMILES string of the molecule is COc1ccc(CN(C)C)cc1NC(=O)C(NC(=O)N1CCN(c2ccc(C(F)(F)F)cc2)CC1)C(C)c1c[nH]c2ccccc12. The van der Waals surface area contributed by atoms with E-state index in [1.54, 1.807) is 11.0 Å². The standard InChI is InChI=1S/C34H39F3N6O3/c1-22(27-20-38-28-8-6-5-7-26(27)28)31(32(44)39-29-19-23(21-41(2)3)9-14-30(29)46-4)40-33(45)43-17-15-42(16-18-43)25-12-10-24(11-13-25)34(35,36)37/h5-14,19-20,22,31,38H,15-18,21H2,1-4H3,(H,39,44)(H,40,45). The van der Waals surface area contributed by atoms with Gasteiger partial charge in [0.1, 0.15) is 11.8 Å². The molecular weight excluding hydrogens is 597 g/mol. The molecule has 1 aliphatic heterocycles. The van der Waals surface area contributed by atoms with E-state index in [-0.39, 0.29) is 0 Å². The lowest BCUT2D eigenvalue weighted by molar-refractivity contribution is -0.137. The number of para-hydroxylation sites is 1. The largest absolute Gasteiger partial charge is 0.495 e. The zero-order chi connectivity index (χ0) is 33.0. The number of halogens is 3. The number of nitrogens with one attached hydrogen (secondary N) is 3. The molecule has 0 saturated carbocycles. The molecule has 4 aromatic rings. The molecule has 0 radical (unpaired) electrons. The fraction of sp³-hybridized carbons (Fsp3) is 0.353. The highest BCUT2D eigenvalue weighted by Gasteiger charge is 2.33. The predicted octanol–water partition coefficient (Wildman–Crippen LogP) is 5.90. The van der Waals surface area contributed by atoms with Crippen molar-refractivity contribution in [3.63, 3.8) is 0 Å². The van der Waals surface area contributed by atoms with Crippen LogP contribution >= 0.6 is 0 Å². The van der Waals surface area contributed by atoms with Gasteiger partial charge in [-0.2, -0.15) is 13.2 Å². The van der Waals surface area contributed by atoms with Crippen LogP contribution in [-0.4, -0.2) is 80.1 Å². The van der Waals surface area contributed by atoms with Crippen LogP contribution in [0.15, 0.2) is 72.9 Å². The maximum Gasteiger partial charge on any atom is 0.416 e. The fourth-order valence-electron chi connectivity index (χ4n) is 5.85. The maximum absolute atomic E-state index is 14.0. The molecular formula is C34H39F3N6O3. The third-order valence-corrected chi connectivity index (χ3v) is 8.32. The minimum atomic E-state index is -4.40. The molecule has 2 unspecified atom stereocenters. The summed E-state index contributed by atoms with van der Waals surface area (Å²) in [6.45, 7) is 4.11. The van der Waals surface area contributed by atoms with Crippen LogP contribution in [0.4, 0.5) is 29.3 Å². The van der Waals surface area contributed by atoms with E-state index < -0.39 is 35.6 Å². The number of aromatic nitrogens is 1. The van der Waals surface area contributed by atoms with Crippen molar-refractivity contribution in [2.75, 3.05) is 57.6 Å². The fourth-order valence-corrected chi connectivity index (χ4v) is 5.85. The van der Waals surface area contributed by atoms with Gasteiger partial charge in [0.25, 0.3) is 0 Å². The molecule has 46 heavy (non-hydrogen) atoms. The second-order valence-corrected chi connectivity index (χ2v) is 11.8. The summed E-state index contributed by atoms with van der Waals surface area (Å²) in [6, 6.07) is 17.1. The van der Waals surface area contributed by atoms with Gasteiger partial charge in [0.15, 0.2) is 0 Å². The molecule has 0 aliphatic carbocycles. The van der Waals surface area contributed by atoms with Crippen molar-refractivity contribution in [3.8, 4) is 5.75 Å². The summed E-state index contributed by atoms with van der Waals surface area (Å²) in [5, 5.41) is 6.95. The summed E-state index contributed by atoms with van der Waals surface area (Å²) in [5.74, 6) is -0.306. The molecule has 0 spiro atoms. The summed E-state index contributed by atoms with van der Waals surface area (Å²) in [7, 11) is 5.45. The first kappa shape index (κ1) is 32.7. The Kier molecular flexibility index (Phi) is 9.76. The second kappa shape index (κ2) is 13.7. The van der Waals surface area contributed by atoms with Gasteiger partial charge in [-0.05, 0) is 67.7 Å². The summed E-state index contributed by atoms with van der Waals surface area (Å²) in [4.78, 5) is 36.5. The van der Waals surface area contributed by atoms with Gasteiger partial charge >= 0.3 is 12.2 Å². The van der Waals surface area contributed by atoms with Crippen molar-refractivity contribution in [1.82, 2.24) is 20.1 Å². The number of ether oxygens (including phenoxy) is 1. The molecule has 5 rings (SSSR count). The Hall–Kier alpha value is -4.71. The summed E-state index contributed by atoms with van der Waals surface area (Å²) < 4.78 is 44.6. The number of carbonyl (C=O) groups is 2. The van der Waals surface area contributed by atoms with Crippen LogP contribution in [0.1, 0.15) is 29.5 Å². The number of benzene rings is 3. The first-order valence-corrected chi connectivity index (χ1v) is 15.1. The molecule has 12 heteroatoms. The number of hydrogen-bond donors (Lipinski definition) is 3. The van der Waals surface area contributed by atoms with Crippen molar-refractivity contribution in [2.45, 2.75) is 31.6 Å². The average Bonchev–Trinajstić information content (AvgIpc) is 3.47. The highest BCUT2D eigenvalue weighted by molar-refractivity contribution is 5.99. The third-order valence-electron chi connectivity index (χ3n) is 8.32. The van der Waals surface area contributed by atoms with Crippen LogP contribution in [0.3, 0.4) is 0 Å². The molecule has 3 amide bonds. The molecule has 244 valence electrons. The van der Waals surface area contributed by atoms with E-state index in [1.165, 1.54) is 19.2 Å². The number of alkyl halides is 3. The lowest BCUT2D eigenvalue weighted by atomic mass is 9.92. The molecule has 1 fully saturated rings. The Morgan fingerprint density at radius 2 is 1.70 bits per heavy atom. The molecule has 3 N–H and O–H groups in total. The first-order valence-electron chi connectivity index (χ1n) is 15.1. The summed E-state index contributed by atoms with van der Waals surface area (Å²) in [5.41, 5.74) is 3.25. The zero-order valence-electron chi connectivity index (χ0n) is 26.3. The van der Waals surface area contributed by atoms with Gasteiger partial charge in [-0.1, -0.05) is 31.2 Å². The molecule has 9 nitrogen and oxygen atoms in total. The van der Waals surface area contributed by atoms with Crippen LogP contribution < -0.4 is 20.3 Å². The lowest BCUT2D eigenvalue weighted by Crippen LogP contribution is -2.56. The highest BCUT2D eigenvalue weighted by atomic mass is 19.4. The topological polar surface area (TPSA) is 92.9 Å². The van der Waals surface area contributed by atoms with Crippen molar-refractivity contribution in [2.24, 2.45) is 0 Å². The van der Waals surface area contributed by atoms with Crippen LogP contribution in [0.25, 0.3) is 10.9 Å². The molecule has 1 aliphatic rings. The van der Waals surface area contributed by atoms with E-state index in [2.05, 4.69) is 15.6 Å².